The number of anilines is 1. The molecule has 0 aliphatic carbocycles. The summed E-state index contributed by atoms with van der Waals surface area (Å²) in [6.45, 7) is -0.291. The highest BCUT2D eigenvalue weighted by Crippen LogP contribution is 2.58. The van der Waals surface area contributed by atoms with Crippen LogP contribution in [0.15, 0.2) is 36.9 Å². The van der Waals surface area contributed by atoms with E-state index < -0.39 is 30.0 Å². The molecular formula is C17H17N5O4. The van der Waals surface area contributed by atoms with Gasteiger partial charge in [0, 0.05) is 0 Å². The molecule has 9 heteroatoms. The maximum Gasteiger partial charge on any atom is 0.165 e. The van der Waals surface area contributed by atoms with Gasteiger partial charge in [-0.3, -0.25) is 0 Å². The van der Waals surface area contributed by atoms with Gasteiger partial charge in [0.15, 0.2) is 11.5 Å². The van der Waals surface area contributed by atoms with Crippen LogP contribution in [0.25, 0.3) is 11.2 Å². The zero-order chi connectivity index (χ0) is 18.1. The fourth-order valence-corrected chi connectivity index (χ4v) is 4.30. The molecule has 0 unspecified atom stereocenters. The number of ether oxygens (including phenoxy) is 1. The number of hydrogen-bond acceptors (Lipinski definition) is 8. The molecule has 1 aromatic carbocycles. The number of nitrogen functional groups attached to an aromatic ring is 1. The van der Waals surface area contributed by atoms with Crippen molar-refractivity contribution in [1.82, 2.24) is 19.5 Å². The first-order chi connectivity index (χ1) is 12.5. The Labute approximate surface area is 147 Å². The molecule has 26 heavy (non-hydrogen) atoms. The van der Waals surface area contributed by atoms with Gasteiger partial charge in [0.05, 0.1) is 19.5 Å². The van der Waals surface area contributed by atoms with Crippen LogP contribution >= 0.6 is 0 Å². The summed E-state index contributed by atoms with van der Waals surface area (Å²) in [4.78, 5) is 12.4. The van der Waals surface area contributed by atoms with Gasteiger partial charge in [-0.15, -0.1) is 0 Å². The number of rotatable bonds is 3. The Morgan fingerprint density at radius 3 is 2.50 bits per heavy atom. The number of nitrogens with zero attached hydrogens (tertiary/aromatic N) is 4. The zero-order valence-electron chi connectivity index (χ0n) is 13.6. The Morgan fingerprint density at radius 1 is 1.08 bits per heavy atom. The molecule has 0 spiro atoms. The topological polar surface area (TPSA) is 140 Å². The Hall–Kier alpha value is -2.59. The van der Waals surface area contributed by atoms with Crippen LogP contribution in [0.3, 0.4) is 0 Å². The quantitative estimate of drug-likeness (QED) is 0.481. The van der Waals surface area contributed by atoms with Crippen LogP contribution in [0.1, 0.15) is 11.1 Å². The smallest absolute Gasteiger partial charge is 0.165 e. The number of hydrogen-bond donors (Lipinski definition) is 4. The molecule has 4 heterocycles. The average molecular weight is 355 g/mol. The van der Waals surface area contributed by atoms with Gasteiger partial charge in [-0.05, 0) is 11.1 Å². The molecule has 0 saturated carbocycles. The third-order valence-electron chi connectivity index (χ3n) is 5.53. The van der Waals surface area contributed by atoms with E-state index >= 15 is 0 Å². The Morgan fingerprint density at radius 2 is 1.77 bits per heavy atom. The summed E-state index contributed by atoms with van der Waals surface area (Å²) in [6, 6.07) is 7.29. The predicted octanol–water partition coefficient (Wildman–Crippen LogP) is -0.743. The van der Waals surface area contributed by atoms with E-state index in [1.165, 1.54) is 6.33 Å². The minimum Gasteiger partial charge on any atom is -0.393 e. The summed E-state index contributed by atoms with van der Waals surface area (Å²) in [7, 11) is 0. The number of fused-ring (bicyclic) bond motifs is 6. The summed E-state index contributed by atoms with van der Waals surface area (Å²) in [5, 5.41) is 31.4. The summed E-state index contributed by atoms with van der Waals surface area (Å²) in [6.07, 6.45) is 0.417. The molecule has 5 rings (SSSR count). The molecule has 2 aliphatic heterocycles. The highest BCUT2D eigenvalue weighted by atomic mass is 16.6. The van der Waals surface area contributed by atoms with Crippen molar-refractivity contribution in [3.05, 3.63) is 48.0 Å². The van der Waals surface area contributed by atoms with E-state index in [9.17, 15) is 15.3 Å². The summed E-state index contributed by atoms with van der Waals surface area (Å²) < 4.78 is 7.88. The first-order valence-electron chi connectivity index (χ1n) is 8.22. The van der Waals surface area contributed by atoms with Crippen LogP contribution in [-0.4, -0.2) is 53.7 Å². The summed E-state index contributed by atoms with van der Waals surface area (Å²) >= 11 is 0. The van der Waals surface area contributed by atoms with E-state index in [1.54, 1.807) is 17.0 Å². The monoisotopic (exact) mass is 355 g/mol. The fraction of sp³-hybridized carbons (Fsp3) is 0.353. The third-order valence-corrected chi connectivity index (χ3v) is 5.53. The van der Waals surface area contributed by atoms with E-state index in [0.29, 0.717) is 16.7 Å². The molecule has 0 radical (unpaired) electrons. The molecule has 1 fully saturated rings. The van der Waals surface area contributed by atoms with E-state index in [-0.39, 0.29) is 12.4 Å². The van der Waals surface area contributed by atoms with Gasteiger partial charge < -0.3 is 30.4 Å². The minimum absolute atomic E-state index is 0.150. The molecule has 9 nitrogen and oxygen atoms in total. The van der Waals surface area contributed by atoms with Gasteiger partial charge in [0.25, 0.3) is 0 Å². The van der Waals surface area contributed by atoms with Crippen molar-refractivity contribution in [2.24, 2.45) is 0 Å². The second-order valence-corrected chi connectivity index (χ2v) is 6.78. The van der Waals surface area contributed by atoms with E-state index in [4.69, 9.17) is 10.5 Å². The highest BCUT2D eigenvalue weighted by molar-refractivity contribution is 5.81. The van der Waals surface area contributed by atoms with Gasteiger partial charge in [-0.1, -0.05) is 24.3 Å². The Bertz CT molecular complexity index is 1020. The van der Waals surface area contributed by atoms with Gasteiger partial charge in [0.2, 0.25) is 0 Å². The van der Waals surface area contributed by atoms with Crippen LogP contribution < -0.4 is 5.73 Å². The van der Waals surface area contributed by atoms with Crippen molar-refractivity contribution in [2.45, 2.75) is 30.0 Å². The number of aliphatic hydroxyl groups excluding tert-OH is 3. The zero-order valence-corrected chi connectivity index (χ0v) is 13.6. The number of benzene rings is 1. The molecule has 2 aromatic heterocycles. The van der Waals surface area contributed by atoms with E-state index in [0.717, 1.165) is 5.56 Å². The third kappa shape index (κ3) is 1.65. The lowest BCUT2D eigenvalue weighted by atomic mass is 9.73. The van der Waals surface area contributed by atoms with E-state index in [2.05, 4.69) is 15.0 Å². The predicted molar refractivity (Wildman–Crippen MR) is 89.7 cm³/mol. The van der Waals surface area contributed by atoms with Crippen molar-refractivity contribution < 1.29 is 20.1 Å². The molecule has 1 saturated heterocycles. The lowest BCUT2D eigenvalue weighted by Gasteiger charge is -2.34. The molecule has 3 aromatic rings. The van der Waals surface area contributed by atoms with Crippen molar-refractivity contribution in [1.29, 1.82) is 0 Å². The second kappa shape index (κ2) is 4.98. The maximum atomic E-state index is 10.8. The molecule has 0 amide bonds. The molecule has 2 bridgehead atoms. The number of imidazole rings is 1. The lowest BCUT2D eigenvalue weighted by molar-refractivity contribution is -0.143. The van der Waals surface area contributed by atoms with Crippen LogP contribution in [-0.2, 0) is 22.5 Å². The first-order valence-corrected chi connectivity index (χ1v) is 8.22. The standard InChI is InChI=1S/C17H17N5O4/c18-14-11-15(20-7-19-14)22(8-21-11)5-16-9-3-1-2-4-10(9)17(6-23,26-16)13(25)12(16)24/h1-4,7-8,12-13,23-25H,5-6H2,(H2,18,19,20)/t12-,13+,16+,17-/m1/s1. The average Bonchev–Trinajstić information content (AvgIpc) is 3.26. The van der Waals surface area contributed by atoms with Crippen LogP contribution in [0.4, 0.5) is 5.82 Å². The fourth-order valence-electron chi connectivity index (χ4n) is 4.30. The molecule has 4 atom stereocenters. The van der Waals surface area contributed by atoms with Crippen molar-refractivity contribution in [3.63, 3.8) is 0 Å². The van der Waals surface area contributed by atoms with E-state index in [1.807, 2.05) is 18.2 Å². The maximum absolute atomic E-state index is 10.8. The van der Waals surface area contributed by atoms with Gasteiger partial charge in [-0.25, -0.2) is 15.0 Å². The summed E-state index contributed by atoms with van der Waals surface area (Å²) in [5.41, 5.74) is 5.63. The van der Waals surface area contributed by atoms with Crippen molar-refractivity contribution in [3.8, 4) is 0 Å². The number of aliphatic hydroxyl groups is 3. The Kier molecular flexibility index (Phi) is 3.00. The normalized spacial score (nSPS) is 32.3. The first kappa shape index (κ1) is 15.6. The SMILES string of the molecule is Nc1ncnc2c1ncn2C[C@]12O[C@](CO)(c3ccccc31)[C@@H](O)[C@H]2O. The molecule has 134 valence electrons. The Balaban J connectivity index is 1.69. The molecule has 5 N–H and O–H groups in total. The van der Waals surface area contributed by atoms with Gasteiger partial charge in [-0.2, -0.15) is 0 Å². The largest absolute Gasteiger partial charge is 0.393 e. The lowest BCUT2D eigenvalue weighted by Crippen LogP contribution is -2.49. The number of aromatic nitrogens is 4. The van der Waals surface area contributed by atoms with Crippen molar-refractivity contribution in [2.75, 3.05) is 12.3 Å². The van der Waals surface area contributed by atoms with Gasteiger partial charge in [0.1, 0.15) is 35.3 Å². The van der Waals surface area contributed by atoms with Crippen LogP contribution in [0.2, 0.25) is 0 Å². The summed E-state index contributed by atoms with van der Waals surface area (Å²) in [5.74, 6) is 0.260. The minimum atomic E-state index is -1.35. The van der Waals surface area contributed by atoms with Crippen molar-refractivity contribution >= 4 is 17.0 Å². The second-order valence-electron chi connectivity index (χ2n) is 6.78. The van der Waals surface area contributed by atoms with Gasteiger partial charge >= 0.3 is 0 Å². The van der Waals surface area contributed by atoms with Crippen LogP contribution in [0, 0.1) is 0 Å². The van der Waals surface area contributed by atoms with Crippen LogP contribution in [0.5, 0.6) is 0 Å². The highest BCUT2D eigenvalue weighted by Gasteiger charge is 2.69. The molecular weight excluding hydrogens is 338 g/mol. The molecule has 2 aliphatic rings. The number of nitrogens with two attached hydrogens (primary N) is 1.